The molecule has 6 N–H and O–H groups in total. The van der Waals surface area contributed by atoms with Crippen LogP contribution in [0.4, 0.5) is 21.5 Å². The Bertz CT molecular complexity index is 2620. The average Bonchev–Trinajstić information content (AvgIpc) is 4.05. The lowest BCUT2D eigenvalue weighted by atomic mass is 9.80. The van der Waals surface area contributed by atoms with Gasteiger partial charge in [-0.3, -0.25) is 39.3 Å². The molecule has 0 aromatic carbocycles. The van der Waals surface area contributed by atoms with Gasteiger partial charge in [0.05, 0.1) is 41.3 Å². The lowest BCUT2D eigenvalue weighted by Crippen LogP contribution is -2.50. The quantitative estimate of drug-likeness (QED) is 0.0927. The van der Waals surface area contributed by atoms with E-state index in [0.29, 0.717) is 130 Å². The molecule has 1 fully saturated rings. The number of piperazine rings is 1. The predicted molar refractivity (Wildman–Crippen MR) is 252 cm³/mol. The van der Waals surface area contributed by atoms with Crippen LogP contribution in [0, 0.1) is 19.3 Å². The first-order valence-corrected chi connectivity index (χ1v) is 23.2. The number of nitrogens with zero attached hydrogens (tertiary/aromatic N) is 11. The molecule has 366 valence electrons. The summed E-state index contributed by atoms with van der Waals surface area (Å²) < 4.78 is 19.1. The minimum Gasteiger partial charge on any atom is -0.492 e. The van der Waals surface area contributed by atoms with Crippen LogP contribution in [0.2, 0.25) is 0 Å². The minimum atomic E-state index is -1.13. The fourth-order valence-corrected chi connectivity index (χ4v) is 8.70. The van der Waals surface area contributed by atoms with Crippen LogP contribution >= 0.6 is 0 Å². The van der Waals surface area contributed by atoms with Gasteiger partial charge in [0.1, 0.15) is 28.4 Å². The topological polar surface area (TPSA) is 261 Å². The van der Waals surface area contributed by atoms with E-state index in [1.54, 1.807) is 39.4 Å². The highest BCUT2D eigenvalue weighted by Gasteiger charge is 2.39. The molecule has 1 aliphatic carbocycles. The van der Waals surface area contributed by atoms with Gasteiger partial charge < -0.3 is 39.9 Å². The molecule has 6 heterocycles. The van der Waals surface area contributed by atoms with Gasteiger partial charge in [-0.1, -0.05) is 12.2 Å². The fraction of sp³-hybridized carbons (Fsp3) is 0.543. The molecule has 1 atom stereocenters. The third-order valence-electron chi connectivity index (χ3n) is 12.2. The number of allylic oxidation sites excluding steroid dienone is 2. The van der Waals surface area contributed by atoms with E-state index in [-0.39, 0.29) is 37.5 Å². The molecule has 22 heteroatoms. The molecular weight excluding hydrogens is 875 g/mol. The number of nitrogens with two attached hydrogens (primary N) is 2. The Morgan fingerprint density at radius 1 is 0.809 bits per heavy atom. The zero-order chi connectivity index (χ0) is 49.1. The third-order valence-corrected chi connectivity index (χ3v) is 12.2. The first kappa shape index (κ1) is 48.9. The number of carbonyl (C=O) groups is 5. The van der Waals surface area contributed by atoms with Crippen molar-refractivity contribution < 1.29 is 33.4 Å². The third kappa shape index (κ3) is 10.9. The highest BCUT2D eigenvalue weighted by molar-refractivity contribution is 6.03. The van der Waals surface area contributed by atoms with Gasteiger partial charge in [-0.15, -0.1) is 0 Å². The highest BCUT2D eigenvalue weighted by Crippen LogP contribution is 2.39. The molecule has 2 aliphatic heterocycles. The van der Waals surface area contributed by atoms with Crippen LogP contribution in [0.1, 0.15) is 103 Å². The number of hydrogen-bond donors (Lipinski definition) is 4. The van der Waals surface area contributed by atoms with Crippen LogP contribution in [0.15, 0.2) is 30.4 Å². The number of rotatable bonds is 16. The number of nitrogens with one attached hydrogen (secondary N) is 2. The maximum atomic E-state index is 13.9. The van der Waals surface area contributed by atoms with Gasteiger partial charge in [0.15, 0.2) is 0 Å². The van der Waals surface area contributed by atoms with Gasteiger partial charge in [0, 0.05) is 84.0 Å². The molecule has 7 rings (SSSR count). The van der Waals surface area contributed by atoms with E-state index in [4.69, 9.17) is 30.9 Å². The van der Waals surface area contributed by atoms with Crippen molar-refractivity contribution in [1.82, 2.24) is 53.4 Å². The molecular formula is C46H65N15O7. The zero-order valence-electron chi connectivity index (χ0n) is 40.4. The summed E-state index contributed by atoms with van der Waals surface area (Å²) in [7, 11) is 0. The van der Waals surface area contributed by atoms with Crippen LogP contribution in [-0.2, 0) is 59.8 Å². The van der Waals surface area contributed by atoms with E-state index in [0.717, 1.165) is 5.69 Å². The van der Waals surface area contributed by atoms with Gasteiger partial charge in [-0.05, 0) is 80.0 Å². The minimum absolute atomic E-state index is 0.168. The maximum absolute atomic E-state index is 13.9. The molecule has 0 saturated carbocycles. The molecule has 0 radical (unpaired) electrons. The Kier molecular flexibility index (Phi) is 14.5. The number of ether oxygens (including phenoxy) is 2. The number of amides is 6. The van der Waals surface area contributed by atoms with E-state index in [2.05, 4.69) is 25.7 Å². The van der Waals surface area contributed by atoms with Gasteiger partial charge in [0.2, 0.25) is 17.8 Å². The van der Waals surface area contributed by atoms with Gasteiger partial charge in [0.25, 0.3) is 11.8 Å². The van der Waals surface area contributed by atoms with Gasteiger partial charge in [-0.25, -0.2) is 19.6 Å². The molecule has 4 aromatic heterocycles. The number of hydrogen-bond acceptors (Lipinski definition) is 12. The van der Waals surface area contributed by atoms with E-state index in [9.17, 15) is 24.0 Å². The summed E-state index contributed by atoms with van der Waals surface area (Å²) in [5.41, 5.74) is 14.7. The van der Waals surface area contributed by atoms with Crippen LogP contribution in [0.3, 0.4) is 0 Å². The summed E-state index contributed by atoms with van der Waals surface area (Å²) in [5, 5.41) is 14.9. The molecule has 3 aliphatic rings. The first-order chi connectivity index (χ1) is 32.3. The molecule has 1 saturated heterocycles. The van der Waals surface area contributed by atoms with Crippen LogP contribution in [-0.4, -0.2) is 135 Å². The number of aromatic nitrogens is 8. The molecule has 68 heavy (non-hydrogen) atoms. The summed E-state index contributed by atoms with van der Waals surface area (Å²) in [6.45, 7) is 20.3. The van der Waals surface area contributed by atoms with Crippen molar-refractivity contribution in [3.8, 4) is 0 Å². The van der Waals surface area contributed by atoms with E-state index in [1.807, 2.05) is 69.8 Å². The average molecular weight is 940 g/mol. The number of carbonyl (C=O) groups excluding carboxylic acids is 5. The van der Waals surface area contributed by atoms with Crippen molar-refractivity contribution in [2.24, 2.45) is 16.9 Å². The van der Waals surface area contributed by atoms with Gasteiger partial charge >= 0.3 is 12.1 Å². The summed E-state index contributed by atoms with van der Waals surface area (Å²) in [6, 6.07) is 2.88. The summed E-state index contributed by atoms with van der Waals surface area (Å²) in [6.07, 6.45) is 6.55. The van der Waals surface area contributed by atoms with Crippen LogP contribution in [0.5, 0.6) is 0 Å². The second kappa shape index (κ2) is 20.1. The fourth-order valence-electron chi connectivity index (χ4n) is 8.70. The molecule has 4 aromatic rings. The second-order valence-electron chi connectivity index (χ2n) is 18.6. The Morgan fingerprint density at radius 3 is 1.94 bits per heavy atom. The zero-order valence-corrected chi connectivity index (χ0v) is 40.4. The van der Waals surface area contributed by atoms with Crippen molar-refractivity contribution in [3.05, 3.63) is 75.9 Å². The van der Waals surface area contributed by atoms with Gasteiger partial charge in [-0.2, -0.15) is 10.2 Å². The monoisotopic (exact) mass is 940 g/mol. The number of anilines is 2. The normalized spacial score (nSPS) is 17.4. The Morgan fingerprint density at radius 2 is 1.38 bits per heavy atom. The molecule has 6 amide bonds. The summed E-state index contributed by atoms with van der Waals surface area (Å²) in [5.74, 6) is -0.380. The lowest BCUT2D eigenvalue weighted by Gasteiger charge is -2.35. The second-order valence-corrected chi connectivity index (χ2v) is 18.6. The first-order valence-electron chi connectivity index (χ1n) is 23.2. The summed E-state index contributed by atoms with van der Waals surface area (Å²) >= 11 is 0. The molecule has 0 spiro atoms. The van der Waals surface area contributed by atoms with Crippen LogP contribution < -0.4 is 22.1 Å². The Balaban J connectivity index is 1.15. The van der Waals surface area contributed by atoms with Crippen molar-refractivity contribution in [2.75, 3.05) is 56.5 Å². The van der Waals surface area contributed by atoms with Crippen molar-refractivity contribution in [3.63, 3.8) is 0 Å². The van der Waals surface area contributed by atoms with Crippen molar-refractivity contribution in [2.45, 2.75) is 113 Å². The predicted octanol–water partition coefficient (Wildman–Crippen LogP) is 3.68. The number of urea groups is 1. The molecule has 22 nitrogen and oxygen atoms in total. The van der Waals surface area contributed by atoms with E-state index >= 15 is 0 Å². The molecule has 0 bridgehead atoms. The van der Waals surface area contributed by atoms with E-state index < -0.39 is 28.9 Å². The Labute approximate surface area is 395 Å². The number of imidazole rings is 2. The van der Waals surface area contributed by atoms with Crippen LogP contribution in [0.25, 0.3) is 5.76 Å². The van der Waals surface area contributed by atoms with Crippen molar-refractivity contribution >= 4 is 47.5 Å². The SMILES string of the molecule is CCn1nc(C)cc1C(=O)Nc1nc2c(n1C/C=C/Cn1c(NC(=O)c3cc(C)nn3CC)nc3c1C(OCCCN1CCN(C(=O)OC(C)(C)C)CC1)=CC(C)(C(N)=O)C3)CCN(C(N)=O)C2. The van der Waals surface area contributed by atoms with E-state index in [1.165, 1.54) is 4.90 Å². The maximum Gasteiger partial charge on any atom is 0.410 e. The highest BCUT2D eigenvalue weighted by atomic mass is 16.6. The Hall–Kier alpha value is -6.97. The standard InChI is InChI=1S/C46H65N15O7/c1-9-60-34(24-29(3)53-60)38(62)51-42-50-32-28-57(41(48)65)18-14-33(32)58(42)16-11-12-17-59-37-31(49-43(59)52-39(63)35-25-30(4)54-61(35)10-2)26-46(8,40(47)64)27-36(37)67-23-13-15-55-19-21-56(22-20-55)44(66)68-45(5,6)7/h11-12,24-25,27H,9-10,13-23,26,28H2,1-8H3,(H2,47,64)(H2,48,65)(H,49,52,63)(H,50,51,62)/b12-11+. The summed E-state index contributed by atoms with van der Waals surface area (Å²) in [4.78, 5) is 80.6. The number of fused-ring (bicyclic) bond motifs is 2. The number of aryl methyl sites for hydroxylation is 4. The van der Waals surface area contributed by atoms with Crippen molar-refractivity contribution in [1.29, 1.82) is 0 Å². The molecule has 1 unspecified atom stereocenters. The lowest BCUT2D eigenvalue weighted by molar-refractivity contribution is -0.124. The largest absolute Gasteiger partial charge is 0.492 e. The smallest absolute Gasteiger partial charge is 0.410 e. The number of primary amides is 2.